The number of nitrogens with zero attached hydrogens (tertiary/aromatic N) is 5. The van der Waals surface area contributed by atoms with Crippen molar-refractivity contribution < 1.29 is 4.79 Å². The molecule has 0 aliphatic heterocycles. The van der Waals surface area contributed by atoms with Crippen molar-refractivity contribution in [2.75, 3.05) is 5.32 Å². The number of benzene rings is 1. The maximum absolute atomic E-state index is 12.9. The second kappa shape index (κ2) is 8.36. The average Bonchev–Trinajstić information content (AvgIpc) is 3.13. The Bertz CT molecular complexity index is 1490. The lowest BCUT2D eigenvalue weighted by molar-refractivity contribution is -0.116. The average molecular weight is 441 g/mol. The summed E-state index contributed by atoms with van der Waals surface area (Å²) in [5.41, 5.74) is 5.56. The summed E-state index contributed by atoms with van der Waals surface area (Å²) in [6, 6.07) is 11.1. The Morgan fingerprint density at radius 3 is 2.39 bits per heavy atom. The van der Waals surface area contributed by atoms with E-state index in [0.29, 0.717) is 17.2 Å². The lowest BCUT2D eigenvalue weighted by atomic mass is 10.0. The second-order valence-electron chi connectivity index (χ2n) is 8.31. The molecule has 1 amide bonds. The fourth-order valence-corrected chi connectivity index (χ4v) is 4.11. The van der Waals surface area contributed by atoms with Gasteiger partial charge in [-0.3, -0.25) is 9.59 Å². The number of carbonyl (C=O) groups is 1. The molecule has 4 aromatic rings. The molecular formula is C25H24N6O2. The van der Waals surface area contributed by atoms with Gasteiger partial charge in [0.15, 0.2) is 17.1 Å². The number of anilines is 1. The standard InChI is InChI=1S/C25H24N6O2/c1-14-6-16(3)24-21(7-14)15(2)8-22(28-24)31-25(19(11-26)12-27-31)29-23(33)13-30-17(4)9-20(32)10-18(30)5/h6-10,12H,13H2,1-5H3,(H,29,33). The van der Waals surface area contributed by atoms with Gasteiger partial charge in [-0.25, -0.2) is 4.98 Å². The molecule has 3 heterocycles. The van der Waals surface area contributed by atoms with Gasteiger partial charge in [0.1, 0.15) is 18.2 Å². The minimum absolute atomic E-state index is 0.00342. The molecule has 0 fully saturated rings. The molecule has 0 spiro atoms. The number of nitrogens with one attached hydrogen (secondary N) is 1. The van der Waals surface area contributed by atoms with Crippen molar-refractivity contribution in [2.45, 2.75) is 41.2 Å². The Labute approximate surface area is 191 Å². The number of amides is 1. The van der Waals surface area contributed by atoms with Crippen LogP contribution in [0.15, 0.2) is 41.3 Å². The van der Waals surface area contributed by atoms with E-state index in [1.165, 1.54) is 23.0 Å². The highest BCUT2D eigenvalue weighted by Crippen LogP contribution is 2.26. The van der Waals surface area contributed by atoms with Crippen molar-refractivity contribution >= 4 is 22.6 Å². The van der Waals surface area contributed by atoms with E-state index in [1.807, 2.05) is 26.8 Å². The van der Waals surface area contributed by atoms with E-state index in [-0.39, 0.29) is 29.3 Å². The SMILES string of the molecule is Cc1cc(C)c2nc(-n3ncc(C#N)c3NC(=O)Cn3c(C)cc(=O)cc3C)cc(C)c2c1. The summed E-state index contributed by atoms with van der Waals surface area (Å²) in [6.45, 7) is 9.61. The van der Waals surface area contributed by atoms with Crippen LogP contribution in [-0.2, 0) is 11.3 Å². The van der Waals surface area contributed by atoms with Gasteiger partial charge in [0.25, 0.3) is 0 Å². The van der Waals surface area contributed by atoms with Crippen LogP contribution in [0.3, 0.4) is 0 Å². The summed E-state index contributed by atoms with van der Waals surface area (Å²) >= 11 is 0. The van der Waals surface area contributed by atoms with Crippen molar-refractivity contribution in [3.8, 4) is 11.9 Å². The molecule has 33 heavy (non-hydrogen) atoms. The van der Waals surface area contributed by atoms with Gasteiger partial charge in [-0.05, 0) is 57.9 Å². The number of hydrogen-bond acceptors (Lipinski definition) is 5. The van der Waals surface area contributed by atoms with Crippen molar-refractivity contribution in [3.05, 3.63) is 80.4 Å². The Morgan fingerprint density at radius 1 is 1.03 bits per heavy atom. The van der Waals surface area contributed by atoms with E-state index in [4.69, 9.17) is 4.98 Å². The number of hydrogen-bond donors (Lipinski definition) is 1. The lowest BCUT2D eigenvalue weighted by Crippen LogP contribution is -2.24. The molecule has 0 unspecified atom stereocenters. The zero-order valence-electron chi connectivity index (χ0n) is 19.2. The molecule has 8 nitrogen and oxygen atoms in total. The van der Waals surface area contributed by atoms with Crippen LogP contribution in [0.1, 0.15) is 33.6 Å². The number of nitriles is 1. The highest BCUT2D eigenvalue weighted by atomic mass is 16.2. The van der Waals surface area contributed by atoms with E-state index >= 15 is 0 Å². The maximum atomic E-state index is 12.9. The zero-order valence-corrected chi connectivity index (χ0v) is 19.2. The summed E-state index contributed by atoms with van der Waals surface area (Å²) in [5, 5.41) is 17.8. The molecule has 1 N–H and O–H groups in total. The third kappa shape index (κ3) is 4.13. The Hall–Kier alpha value is -4.25. The van der Waals surface area contributed by atoms with Crippen LogP contribution in [0.5, 0.6) is 0 Å². The molecule has 0 bridgehead atoms. The highest BCUT2D eigenvalue weighted by molar-refractivity contribution is 5.92. The normalized spacial score (nSPS) is 10.9. The van der Waals surface area contributed by atoms with Crippen LogP contribution in [0.2, 0.25) is 0 Å². The highest BCUT2D eigenvalue weighted by Gasteiger charge is 2.18. The summed E-state index contributed by atoms with van der Waals surface area (Å²) < 4.78 is 3.22. The Morgan fingerprint density at radius 2 is 1.73 bits per heavy atom. The fourth-order valence-electron chi connectivity index (χ4n) is 4.11. The van der Waals surface area contributed by atoms with Gasteiger partial charge in [-0.1, -0.05) is 11.6 Å². The van der Waals surface area contributed by atoms with Crippen LogP contribution in [0, 0.1) is 45.9 Å². The number of aromatic nitrogens is 4. The van der Waals surface area contributed by atoms with E-state index < -0.39 is 0 Å². The van der Waals surface area contributed by atoms with Gasteiger partial charge >= 0.3 is 0 Å². The molecule has 8 heteroatoms. The van der Waals surface area contributed by atoms with Gasteiger partial charge in [0, 0.05) is 28.9 Å². The Balaban J connectivity index is 1.74. The van der Waals surface area contributed by atoms with Crippen LogP contribution in [0.25, 0.3) is 16.7 Å². The maximum Gasteiger partial charge on any atom is 0.245 e. The third-order valence-electron chi connectivity index (χ3n) is 5.66. The number of aryl methyl sites for hydroxylation is 5. The van der Waals surface area contributed by atoms with E-state index in [1.54, 1.807) is 18.4 Å². The van der Waals surface area contributed by atoms with Crippen molar-refractivity contribution in [1.29, 1.82) is 5.26 Å². The molecule has 0 aliphatic carbocycles. The van der Waals surface area contributed by atoms with Crippen LogP contribution in [-0.4, -0.2) is 25.2 Å². The molecule has 0 saturated carbocycles. The van der Waals surface area contributed by atoms with Crippen LogP contribution in [0.4, 0.5) is 5.82 Å². The monoisotopic (exact) mass is 440 g/mol. The predicted octanol–water partition coefficient (Wildman–Crippen LogP) is 3.63. The van der Waals surface area contributed by atoms with E-state index in [2.05, 4.69) is 28.6 Å². The molecule has 166 valence electrons. The minimum Gasteiger partial charge on any atom is -0.340 e. The van der Waals surface area contributed by atoms with Gasteiger partial charge in [0.2, 0.25) is 5.91 Å². The lowest BCUT2D eigenvalue weighted by Gasteiger charge is -2.15. The summed E-state index contributed by atoms with van der Waals surface area (Å²) in [6.07, 6.45) is 1.41. The first-order chi connectivity index (χ1) is 15.7. The first kappa shape index (κ1) is 22.0. The number of pyridine rings is 2. The summed E-state index contributed by atoms with van der Waals surface area (Å²) in [7, 11) is 0. The summed E-state index contributed by atoms with van der Waals surface area (Å²) in [5.74, 6) is 0.432. The van der Waals surface area contributed by atoms with E-state index in [0.717, 1.165) is 27.6 Å². The van der Waals surface area contributed by atoms with Crippen molar-refractivity contribution in [3.63, 3.8) is 0 Å². The number of rotatable bonds is 4. The molecule has 1 aromatic carbocycles. The molecule has 0 atom stereocenters. The van der Waals surface area contributed by atoms with Crippen LogP contribution >= 0.6 is 0 Å². The Kier molecular flexibility index (Phi) is 5.56. The molecule has 3 aromatic heterocycles. The first-order valence-corrected chi connectivity index (χ1v) is 10.5. The fraction of sp³-hybridized carbons (Fsp3) is 0.240. The molecular weight excluding hydrogens is 416 g/mol. The predicted molar refractivity (Wildman–Crippen MR) is 127 cm³/mol. The van der Waals surface area contributed by atoms with Crippen molar-refractivity contribution in [2.24, 2.45) is 0 Å². The third-order valence-corrected chi connectivity index (χ3v) is 5.66. The first-order valence-electron chi connectivity index (χ1n) is 10.5. The molecule has 0 saturated heterocycles. The second-order valence-corrected chi connectivity index (χ2v) is 8.31. The summed E-state index contributed by atoms with van der Waals surface area (Å²) in [4.78, 5) is 29.4. The van der Waals surface area contributed by atoms with Gasteiger partial charge < -0.3 is 9.88 Å². The molecule has 0 radical (unpaired) electrons. The quantitative estimate of drug-likeness (QED) is 0.522. The van der Waals surface area contributed by atoms with Crippen LogP contribution < -0.4 is 10.7 Å². The van der Waals surface area contributed by atoms with Gasteiger partial charge in [-0.15, -0.1) is 0 Å². The molecule has 4 rings (SSSR count). The minimum atomic E-state index is -0.340. The van der Waals surface area contributed by atoms with Gasteiger partial charge in [0.05, 0.1) is 11.7 Å². The number of carbonyl (C=O) groups excluding carboxylic acids is 1. The smallest absolute Gasteiger partial charge is 0.245 e. The molecule has 0 aliphatic rings. The largest absolute Gasteiger partial charge is 0.340 e. The van der Waals surface area contributed by atoms with E-state index in [9.17, 15) is 14.9 Å². The topological polar surface area (TPSA) is 106 Å². The van der Waals surface area contributed by atoms with Gasteiger partial charge in [-0.2, -0.15) is 15.0 Å². The zero-order chi connectivity index (χ0) is 23.9. The number of fused-ring (bicyclic) bond motifs is 1. The van der Waals surface area contributed by atoms with Crippen molar-refractivity contribution in [1.82, 2.24) is 19.3 Å².